The number of imidazole rings is 1. The number of phenolic OH excluding ortho intramolecular Hbond substituents is 2. The van der Waals surface area contributed by atoms with Gasteiger partial charge in [-0.1, -0.05) is 6.07 Å². The number of phenols is 2. The Balaban J connectivity index is 1.83. The second-order valence-electron chi connectivity index (χ2n) is 4.08. The number of rotatable bonds is 5. The Kier molecular flexibility index (Phi) is 4.02. The molecular formula is C13H15N3O3. The lowest BCUT2D eigenvalue weighted by Crippen LogP contribution is -2.25. The molecule has 0 aliphatic carbocycles. The Morgan fingerprint density at radius 3 is 2.95 bits per heavy atom. The highest BCUT2D eigenvalue weighted by Gasteiger charge is 2.12. The number of carbonyl (C=O) groups is 1. The highest BCUT2D eigenvalue weighted by atomic mass is 16.3. The van der Waals surface area contributed by atoms with Crippen molar-refractivity contribution in [3.63, 3.8) is 0 Å². The molecule has 0 aliphatic rings. The third kappa shape index (κ3) is 3.25. The molecule has 1 aromatic carbocycles. The van der Waals surface area contributed by atoms with Crippen molar-refractivity contribution in [2.24, 2.45) is 0 Å². The van der Waals surface area contributed by atoms with E-state index in [0.29, 0.717) is 6.54 Å². The summed E-state index contributed by atoms with van der Waals surface area (Å²) in [5, 5.41) is 21.5. The number of nitrogens with one attached hydrogen (secondary N) is 1. The quantitative estimate of drug-likeness (QED) is 0.556. The Morgan fingerprint density at radius 1 is 1.37 bits per heavy atom. The summed E-state index contributed by atoms with van der Waals surface area (Å²) < 4.78 is 1.91. The standard InChI is InChI=1S/C13H15N3O3/c17-11-4-1-3-10(12(11)18)13(19)15-5-2-7-16-8-6-14-9-16/h1,3-4,6,8-9,17-18H,2,5,7H2,(H,15,19). The lowest BCUT2D eigenvalue weighted by Gasteiger charge is -2.07. The second kappa shape index (κ2) is 5.90. The van der Waals surface area contributed by atoms with Crippen LogP contribution < -0.4 is 5.32 Å². The van der Waals surface area contributed by atoms with Crippen LogP contribution in [0, 0.1) is 0 Å². The molecule has 0 atom stereocenters. The number of hydrogen-bond acceptors (Lipinski definition) is 4. The van der Waals surface area contributed by atoms with Crippen molar-refractivity contribution in [1.82, 2.24) is 14.9 Å². The van der Waals surface area contributed by atoms with Gasteiger partial charge in [0.25, 0.3) is 5.91 Å². The molecule has 3 N–H and O–H groups in total. The number of aryl methyl sites for hydroxylation is 1. The van der Waals surface area contributed by atoms with Crippen LogP contribution in [0.1, 0.15) is 16.8 Å². The van der Waals surface area contributed by atoms with Gasteiger partial charge in [0.05, 0.1) is 11.9 Å². The van der Waals surface area contributed by atoms with Crippen LogP contribution in [0.2, 0.25) is 0 Å². The summed E-state index contributed by atoms with van der Waals surface area (Å²) in [4.78, 5) is 15.7. The van der Waals surface area contributed by atoms with Gasteiger partial charge < -0.3 is 20.1 Å². The van der Waals surface area contributed by atoms with E-state index in [1.54, 1.807) is 12.5 Å². The molecule has 0 spiro atoms. The first-order valence-electron chi connectivity index (χ1n) is 5.93. The summed E-state index contributed by atoms with van der Waals surface area (Å²) in [5.41, 5.74) is 0.0719. The smallest absolute Gasteiger partial charge is 0.255 e. The lowest BCUT2D eigenvalue weighted by molar-refractivity contribution is 0.0949. The fourth-order valence-corrected chi connectivity index (χ4v) is 1.69. The fourth-order valence-electron chi connectivity index (χ4n) is 1.69. The van der Waals surface area contributed by atoms with E-state index >= 15 is 0 Å². The Labute approximate surface area is 110 Å². The molecule has 0 bridgehead atoms. The van der Waals surface area contributed by atoms with E-state index in [-0.39, 0.29) is 11.3 Å². The third-order valence-corrected chi connectivity index (χ3v) is 2.70. The molecule has 1 amide bonds. The minimum absolute atomic E-state index is 0.0719. The number of amides is 1. The van der Waals surface area contributed by atoms with Gasteiger partial charge in [-0.05, 0) is 18.6 Å². The predicted molar refractivity (Wildman–Crippen MR) is 68.9 cm³/mol. The van der Waals surface area contributed by atoms with Crippen molar-refractivity contribution in [3.05, 3.63) is 42.5 Å². The molecular weight excluding hydrogens is 246 g/mol. The van der Waals surface area contributed by atoms with Crippen LogP contribution >= 0.6 is 0 Å². The SMILES string of the molecule is O=C(NCCCn1ccnc1)c1cccc(O)c1O. The van der Waals surface area contributed by atoms with Gasteiger partial charge in [0.15, 0.2) is 11.5 Å². The minimum atomic E-state index is -0.404. The first-order chi connectivity index (χ1) is 9.18. The normalized spacial score (nSPS) is 10.3. The molecule has 6 heteroatoms. The summed E-state index contributed by atoms with van der Waals surface area (Å²) in [6.45, 7) is 1.23. The zero-order valence-electron chi connectivity index (χ0n) is 10.3. The highest BCUT2D eigenvalue weighted by Crippen LogP contribution is 2.27. The lowest BCUT2D eigenvalue weighted by atomic mass is 10.1. The van der Waals surface area contributed by atoms with Gasteiger partial charge in [-0.2, -0.15) is 0 Å². The van der Waals surface area contributed by atoms with E-state index in [4.69, 9.17) is 0 Å². The van der Waals surface area contributed by atoms with Crippen molar-refractivity contribution in [2.45, 2.75) is 13.0 Å². The van der Waals surface area contributed by atoms with E-state index in [2.05, 4.69) is 10.3 Å². The van der Waals surface area contributed by atoms with Crippen LogP contribution in [0.5, 0.6) is 11.5 Å². The average Bonchev–Trinajstić information content (AvgIpc) is 2.91. The summed E-state index contributed by atoms with van der Waals surface area (Å²) in [5.74, 6) is -1.10. The molecule has 0 fully saturated rings. The first-order valence-corrected chi connectivity index (χ1v) is 5.93. The zero-order valence-corrected chi connectivity index (χ0v) is 10.3. The van der Waals surface area contributed by atoms with Crippen molar-refractivity contribution in [3.8, 4) is 11.5 Å². The molecule has 0 saturated carbocycles. The molecule has 6 nitrogen and oxygen atoms in total. The van der Waals surface area contributed by atoms with Crippen LogP contribution in [-0.4, -0.2) is 32.2 Å². The third-order valence-electron chi connectivity index (χ3n) is 2.70. The zero-order chi connectivity index (χ0) is 13.7. The number of hydrogen-bond donors (Lipinski definition) is 3. The van der Waals surface area contributed by atoms with Crippen LogP contribution in [0.3, 0.4) is 0 Å². The molecule has 19 heavy (non-hydrogen) atoms. The van der Waals surface area contributed by atoms with Gasteiger partial charge in [-0.3, -0.25) is 4.79 Å². The van der Waals surface area contributed by atoms with Crippen molar-refractivity contribution >= 4 is 5.91 Å². The Bertz CT molecular complexity index is 552. The Morgan fingerprint density at radius 2 is 2.21 bits per heavy atom. The van der Waals surface area contributed by atoms with Crippen LogP contribution in [0.25, 0.3) is 0 Å². The highest BCUT2D eigenvalue weighted by molar-refractivity contribution is 5.97. The molecule has 1 aromatic heterocycles. The van der Waals surface area contributed by atoms with E-state index < -0.39 is 11.7 Å². The van der Waals surface area contributed by atoms with Crippen molar-refractivity contribution in [1.29, 1.82) is 0 Å². The van der Waals surface area contributed by atoms with Gasteiger partial charge in [0.2, 0.25) is 0 Å². The molecule has 0 aliphatic heterocycles. The van der Waals surface area contributed by atoms with Crippen LogP contribution in [0.4, 0.5) is 0 Å². The number of carbonyl (C=O) groups excluding carboxylic acids is 1. The van der Waals surface area contributed by atoms with Gasteiger partial charge in [0.1, 0.15) is 0 Å². The van der Waals surface area contributed by atoms with E-state index in [1.165, 1.54) is 18.2 Å². The van der Waals surface area contributed by atoms with Crippen LogP contribution in [0.15, 0.2) is 36.9 Å². The molecule has 100 valence electrons. The van der Waals surface area contributed by atoms with E-state index in [1.807, 2.05) is 10.8 Å². The second-order valence-corrected chi connectivity index (χ2v) is 4.08. The monoisotopic (exact) mass is 261 g/mol. The number of nitrogens with zero attached hydrogens (tertiary/aromatic N) is 2. The molecule has 0 radical (unpaired) electrons. The maximum absolute atomic E-state index is 11.8. The fraction of sp³-hybridized carbons (Fsp3) is 0.231. The topological polar surface area (TPSA) is 87.4 Å². The number of benzene rings is 1. The maximum Gasteiger partial charge on any atom is 0.255 e. The van der Waals surface area contributed by atoms with Gasteiger partial charge >= 0.3 is 0 Å². The van der Waals surface area contributed by atoms with Crippen molar-refractivity contribution in [2.75, 3.05) is 6.54 Å². The first kappa shape index (κ1) is 12.9. The Hall–Kier alpha value is -2.50. The average molecular weight is 261 g/mol. The van der Waals surface area contributed by atoms with Gasteiger partial charge in [0, 0.05) is 25.5 Å². The molecule has 0 saturated heterocycles. The van der Waals surface area contributed by atoms with Crippen molar-refractivity contribution < 1.29 is 15.0 Å². The summed E-state index contributed by atoms with van der Waals surface area (Å²) in [6.07, 6.45) is 6.01. The molecule has 2 aromatic rings. The van der Waals surface area contributed by atoms with Crippen LogP contribution in [-0.2, 0) is 6.54 Å². The molecule has 0 unspecified atom stereocenters. The molecule has 2 rings (SSSR count). The van der Waals surface area contributed by atoms with Gasteiger partial charge in [-0.25, -0.2) is 4.98 Å². The number of aromatic nitrogens is 2. The predicted octanol–water partition coefficient (Wildman–Crippen LogP) is 1.11. The maximum atomic E-state index is 11.8. The molecule has 1 heterocycles. The largest absolute Gasteiger partial charge is 0.504 e. The minimum Gasteiger partial charge on any atom is -0.504 e. The summed E-state index contributed by atoms with van der Waals surface area (Å²) in [7, 11) is 0. The summed E-state index contributed by atoms with van der Waals surface area (Å²) >= 11 is 0. The van der Waals surface area contributed by atoms with Gasteiger partial charge in [-0.15, -0.1) is 0 Å². The van der Waals surface area contributed by atoms with E-state index in [0.717, 1.165) is 13.0 Å². The number of aromatic hydroxyl groups is 2. The number of para-hydroxylation sites is 1. The van der Waals surface area contributed by atoms with E-state index in [9.17, 15) is 15.0 Å². The summed E-state index contributed by atoms with van der Waals surface area (Å²) in [6, 6.07) is 4.29.